The third-order valence-corrected chi connectivity index (χ3v) is 3.63. The molecule has 108 valence electrons. The lowest BCUT2D eigenvalue weighted by molar-refractivity contribution is 0.539. The SMILES string of the molecule is CCCCC(Cc1cccc(-c2ccccc2)c1)N=C=O. The first kappa shape index (κ1) is 15.2. The van der Waals surface area contributed by atoms with E-state index in [0.717, 1.165) is 25.7 Å². The van der Waals surface area contributed by atoms with Gasteiger partial charge in [-0.25, -0.2) is 9.79 Å². The molecular formula is C19H21NO. The first-order valence-corrected chi connectivity index (χ1v) is 7.55. The monoisotopic (exact) mass is 279 g/mol. The molecule has 0 aromatic heterocycles. The molecular weight excluding hydrogens is 258 g/mol. The van der Waals surface area contributed by atoms with Gasteiger partial charge in [-0.2, -0.15) is 0 Å². The van der Waals surface area contributed by atoms with E-state index in [1.807, 2.05) is 18.2 Å². The lowest BCUT2D eigenvalue weighted by Gasteiger charge is -2.11. The van der Waals surface area contributed by atoms with Gasteiger partial charge in [0.05, 0.1) is 6.04 Å². The van der Waals surface area contributed by atoms with Crippen LogP contribution in [-0.2, 0) is 11.2 Å². The van der Waals surface area contributed by atoms with Gasteiger partial charge in [0, 0.05) is 0 Å². The van der Waals surface area contributed by atoms with Crippen LogP contribution in [0.2, 0.25) is 0 Å². The van der Waals surface area contributed by atoms with Crippen LogP contribution in [0, 0.1) is 0 Å². The molecule has 2 rings (SSSR count). The third kappa shape index (κ3) is 4.70. The summed E-state index contributed by atoms with van der Waals surface area (Å²) in [4.78, 5) is 14.5. The highest BCUT2D eigenvalue weighted by Gasteiger charge is 2.08. The fourth-order valence-electron chi connectivity index (χ4n) is 2.51. The van der Waals surface area contributed by atoms with Crippen LogP contribution < -0.4 is 0 Å². The number of nitrogens with zero attached hydrogens (tertiary/aromatic N) is 1. The van der Waals surface area contributed by atoms with Gasteiger partial charge in [0.2, 0.25) is 6.08 Å². The van der Waals surface area contributed by atoms with Crippen LogP contribution in [0.25, 0.3) is 11.1 Å². The van der Waals surface area contributed by atoms with Gasteiger partial charge in [0.1, 0.15) is 0 Å². The lowest BCUT2D eigenvalue weighted by Crippen LogP contribution is -2.08. The summed E-state index contributed by atoms with van der Waals surface area (Å²) >= 11 is 0. The van der Waals surface area contributed by atoms with Crippen molar-refractivity contribution in [3.63, 3.8) is 0 Å². The van der Waals surface area contributed by atoms with E-state index in [-0.39, 0.29) is 6.04 Å². The summed E-state index contributed by atoms with van der Waals surface area (Å²) in [5.74, 6) is 0. The molecule has 0 spiro atoms. The average Bonchev–Trinajstić information content (AvgIpc) is 2.54. The topological polar surface area (TPSA) is 29.4 Å². The first-order chi connectivity index (χ1) is 10.3. The van der Waals surface area contributed by atoms with Crippen LogP contribution in [0.3, 0.4) is 0 Å². The molecule has 2 nitrogen and oxygen atoms in total. The van der Waals surface area contributed by atoms with Crippen molar-refractivity contribution in [2.45, 2.75) is 38.6 Å². The van der Waals surface area contributed by atoms with Crippen LogP contribution in [0.5, 0.6) is 0 Å². The second kappa shape index (κ2) is 8.18. The van der Waals surface area contributed by atoms with Crippen LogP contribution in [0.4, 0.5) is 0 Å². The molecule has 2 aromatic carbocycles. The minimum Gasteiger partial charge on any atom is -0.211 e. The number of carbonyl (C=O) groups excluding carboxylic acids is 1. The van der Waals surface area contributed by atoms with E-state index in [1.165, 1.54) is 16.7 Å². The Balaban J connectivity index is 2.15. The Hall–Kier alpha value is -2.18. The highest BCUT2D eigenvalue weighted by atomic mass is 16.1. The van der Waals surface area contributed by atoms with Crippen molar-refractivity contribution in [3.05, 3.63) is 60.2 Å². The van der Waals surface area contributed by atoms with Gasteiger partial charge >= 0.3 is 0 Å². The number of benzene rings is 2. The maximum absolute atomic E-state index is 10.6. The first-order valence-electron chi connectivity index (χ1n) is 7.55. The predicted octanol–water partition coefficient (Wildman–Crippen LogP) is 4.79. The van der Waals surface area contributed by atoms with Crippen molar-refractivity contribution in [1.29, 1.82) is 0 Å². The predicted molar refractivity (Wildman–Crippen MR) is 87.0 cm³/mol. The molecule has 0 radical (unpaired) electrons. The van der Waals surface area contributed by atoms with E-state index in [2.05, 4.69) is 48.3 Å². The molecule has 1 unspecified atom stereocenters. The largest absolute Gasteiger partial charge is 0.235 e. The molecule has 2 heteroatoms. The quantitative estimate of drug-likeness (QED) is 0.529. The maximum Gasteiger partial charge on any atom is 0.235 e. The number of hydrogen-bond acceptors (Lipinski definition) is 2. The molecule has 0 amide bonds. The summed E-state index contributed by atoms with van der Waals surface area (Å²) in [5.41, 5.74) is 3.64. The fourth-order valence-corrected chi connectivity index (χ4v) is 2.51. The molecule has 0 heterocycles. The molecule has 2 aromatic rings. The van der Waals surface area contributed by atoms with Crippen LogP contribution >= 0.6 is 0 Å². The van der Waals surface area contributed by atoms with Crippen LogP contribution in [0.1, 0.15) is 31.7 Å². The van der Waals surface area contributed by atoms with Crippen molar-refractivity contribution in [1.82, 2.24) is 0 Å². The molecule has 0 saturated carbocycles. The summed E-state index contributed by atoms with van der Waals surface area (Å²) in [6, 6.07) is 18.9. The molecule has 0 aliphatic rings. The molecule has 0 saturated heterocycles. The molecule has 0 N–H and O–H groups in total. The van der Waals surface area contributed by atoms with E-state index in [0.29, 0.717) is 0 Å². The number of unbranched alkanes of at least 4 members (excludes halogenated alkanes) is 1. The number of hydrogen-bond donors (Lipinski definition) is 0. The van der Waals surface area contributed by atoms with Crippen molar-refractivity contribution in [3.8, 4) is 11.1 Å². The van der Waals surface area contributed by atoms with Gasteiger partial charge in [0.25, 0.3) is 0 Å². The van der Waals surface area contributed by atoms with Crippen molar-refractivity contribution in [2.24, 2.45) is 4.99 Å². The second-order valence-electron chi connectivity index (χ2n) is 5.29. The Bertz CT molecular complexity index is 600. The smallest absolute Gasteiger partial charge is 0.211 e. The number of rotatable bonds is 7. The van der Waals surface area contributed by atoms with E-state index in [9.17, 15) is 4.79 Å². The minimum absolute atomic E-state index is 0.0495. The minimum atomic E-state index is 0.0495. The Morgan fingerprint density at radius 3 is 2.52 bits per heavy atom. The Labute approximate surface area is 126 Å². The summed E-state index contributed by atoms with van der Waals surface area (Å²) in [7, 11) is 0. The van der Waals surface area contributed by atoms with Gasteiger partial charge in [-0.1, -0.05) is 74.4 Å². The zero-order chi connectivity index (χ0) is 14.9. The molecule has 0 aliphatic carbocycles. The van der Waals surface area contributed by atoms with Gasteiger partial charge in [-0.15, -0.1) is 0 Å². The van der Waals surface area contributed by atoms with Gasteiger partial charge in [-0.05, 0) is 29.5 Å². The fraction of sp³-hybridized carbons (Fsp3) is 0.316. The van der Waals surface area contributed by atoms with E-state index < -0.39 is 0 Å². The standard InChI is InChI=1S/C19H21NO/c1-2-3-12-19(20-15-21)14-16-8-7-11-18(13-16)17-9-5-4-6-10-17/h4-11,13,19H,2-3,12,14H2,1H3. The summed E-state index contributed by atoms with van der Waals surface area (Å²) in [6.45, 7) is 2.15. The molecule has 0 fully saturated rings. The normalized spacial score (nSPS) is 11.7. The van der Waals surface area contributed by atoms with Gasteiger partial charge < -0.3 is 0 Å². The second-order valence-corrected chi connectivity index (χ2v) is 5.29. The van der Waals surface area contributed by atoms with E-state index in [1.54, 1.807) is 6.08 Å². The lowest BCUT2D eigenvalue weighted by atomic mass is 9.97. The summed E-state index contributed by atoms with van der Waals surface area (Å²) in [5, 5.41) is 0. The highest BCUT2D eigenvalue weighted by Crippen LogP contribution is 2.21. The van der Waals surface area contributed by atoms with Gasteiger partial charge in [-0.3, -0.25) is 0 Å². The van der Waals surface area contributed by atoms with Crippen LogP contribution in [-0.4, -0.2) is 12.1 Å². The zero-order valence-electron chi connectivity index (χ0n) is 12.5. The Morgan fingerprint density at radius 1 is 1.05 bits per heavy atom. The average molecular weight is 279 g/mol. The maximum atomic E-state index is 10.6. The van der Waals surface area contributed by atoms with E-state index >= 15 is 0 Å². The highest BCUT2D eigenvalue weighted by molar-refractivity contribution is 5.63. The number of isocyanates is 1. The van der Waals surface area contributed by atoms with Gasteiger partial charge in [0.15, 0.2) is 0 Å². The third-order valence-electron chi connectivity index (χ3n) is 3.63. The zero-order valence-corrected chi connectivity index (χ0v) is 12.5. The molecule has 1 atom stereocenters. The number of aliphatic imine (C=N–C) groups is 1. The summed E-state index contributed by atoms with van der Waals surface area (Å²) in [6.07, 6.45) is 5.68. The Kier molecular flexibility index (Phi) is 5.93. The van der Waals surface area contributed by atoms with Crippen LogP contribution in [0.15, 0.2) is 59.6 Å². The van der Waals surface area contributed by atoms with Crippen molar-refractivity contribution >= 4 is 6.08 Å². The van der Waals surface area contributed by atoms with Crippen molar-refractivity contribution < 1.29 is 4.79 Å². The molecule has 0 bridgehead atoms. The molecule has 21 heavy (non-hydrogen) atoms. The van der Waals surface area contributed by atoms with E-state index in [4.69, 9.17) is 0 Å². The van der Waals surface area contributed by atoms with Crippen molar-refractivity contribution in [2.75, 3.05) is 0 Å². The molecule has 0 aliphatic heterocycles. The summed E-state index contributed by atoms with van der Waals surface area (Å²) < 4.78 is 0. The Morgan fingerprint density at radius 2 is 1.81 bits per heavy atom.